The molecule has 2 aromatic rings. The smallest absolute Gasteiger partial charge is 0.481 e. The van der Waals surface area contributed by atoms with Crippen LogP contribution >= 0.6 is 11.8 Å². The highest BCUT2D eigenvalue weighted by atomic mass is 32.2. The summed E-state index contributed by atoms with van der Waals surface area (Å²) in [4.78, 5) is 18.7. The topological polar surface area (TPSA) is 86.7 Å². The highest BCUT2D eigenvalue weighted by Crippen LogP contribution is 2.36. The second kappa shape index (κ2) is 8.41. The molecule has 4 rings (SSSR count). The van der Waals surface area contributed by atoms with Crippen LogP contribution in [-0.2, 0) is 4.79 Å². The lowest BCUT2D eigenvalue weighted by Gasteiger charge is -2.16. The summed E-state index contributed by atoms with van der Waals surface area (Å²) in [7, 11) is 0. The van der Waals surface area contributed by atoms with Crippen LogP contribution in [-0.4, -0.2) is 45.3 Å². The maximum absolute atomic E-state index is 12.8. The molecule has 2 heterocycles. The summed E-state index contributed by atoms with van der Waals surface area (Å²) in [6, 6.07) is 4.66. The largest absolute Gasteiger partial charge is 0.573 e. The molecule has 1 fully saturated rings. The van der Waals surface area contributed by atoms with Gasteiger partial charge in [0.15, 0.2) is 0 Å². The van der Waals surface area contributed by atoms with Crippen molar-refractivity contribution in [2.75, 3.05) is 11.1 Å². The lowest BCUT2D eigenvalue weighted by atomic mass is 10.1. The number of alkyl halides is 3. The third-order valence-corrected chi connectivity index (χ3v) is 6.43. The van der Waals surface area contributed by atoms with Gasteiger partial charge in [0, 0.05) is 29.7 Å². The van der Waals surface area contributed by atoms with Crippen molar-refractivity contribution in [3.05, 3.63) is 23.9 Å². The molecular formula is C20H22F3N3O3S. The van der Waals surface area contributed by atoms with Crippen LogP contribution in [0.1, 0.15) is 44.2 Å². The molecule has 1 aliphatic carbocycles. The first-order chi connectivity index (χ1) is 14.3. The van der Waals surface area contributed by atoms with E-state index in [0.29, 0.717) is 34.5 Å². The number of nitrogens with zero attached hydrogens (tertiary/aromatic N) is 1. The first-order valence-electron chi connectivity index (χ1n) is 9.88. The van der Waals surface area contributed by atoms with Gasteiger partial charge < -0.3 is 20.1 Å². The summed E-state index contributed by atoms with van der Waals surface area (Å²) in [6.07, 6.45) is -0.0888. The Morgan fingerprint density at radius 1 is 1.30 bits per heavy atom. The van der Waals surface area contributed by atoms with Crippen molar-refractivity contribution in [2.24, 2.45) is 4.99 Å². The highest BCUT2D eigenvalue weighted by molar-refractivity contribution is 8.14. The molecule has 1 atom stereocenters. The number of aromatic amines is 1. The molecule has 0 saturated heterocycles. The third kappa shape index (κ3) is 5.03. The normalized spacial score (nSPS) is 20.0. The van der Waals surface area contributed by atoms with Crippen LogP contribution in [0, 0.1) is 0 Å². The average molecular weight is 441 g/mol. The molecule has 6 nitrogen and oxygen atoms in total. The van der Waals surface area contributed by atoms with Gasteiger partial charge in [-0.15, -0.1) is 24.9 Å². The number of carboxylic acids is 1. The highest BCUT2D eigenvalue weighted by Gasteiger charge is 2.32. The van der Waals surface area contributed by atoms with E-state index >= 15 is 0 Å². The number of fused-ring (bicyclic) bond motifs is 1. The maximum Gasteiger partial charge on any atom is 0.573 e. The van der Waals surface area contributed by atoms with Gasteiger partial charge in [0.25, 0.3) is 0 Å². The SMILES string of the molecule is O=C(O)CCC1CSC(c2cc3cc(OC(F)(F)F)cc(NC4CCCC4)c3[nH]2)=N1. The Hall–Kier alpha value is -2.36. The third-order valence-electron chi connectivity index (χ3n) is 5.28. The van der Waals surface area contributed by atoms with E-state index in [4.69, 9.17) is 5.11 Å². The molecule has 0 bridgehead atoms. The van der Waals surface area contributed by atoms with E-state index in [0.717, 1.165) is 30.7 Å². The number of halogens is 3. The first-order valence-corrected chi connectivity index (χ1v) is 10.9. The Balaban J connectivity index is 1.64. The summed E-state index contributed by atoms with van der Waals surface area (Å²) in [5, 5.41) is 13.6. The molecule has 1 unspecified atom stereocenters. The molecule has 10 heteroatoms. The van der Waals surface area contributed by atoms with Crippen molar-refractivity contribution in [1.82, 2.24) is 4.98 Å². The van der Waals surface area contributed by atoms with Crippen LogP contribution in [0.2, 0.25) is 0 Å². The molecule has 0 spiro atoms. The van der Waals surface area contributed by atoms with Gasteiger partial charge in [-0.2, -0.15) is 0 Å². The van der Waals surface area contributed by atoms with Crippen LogP contribution in [0.5, 0.6) is 5.75 Å². The minimum Gasteiger partial charge on any atom is -0.481 e. The Morgan fingerprint density at radius 2 is 2.07 bits per heavy atom. The number of carbonyl (C=O) groups is 1. The van der Waals surface area contributed by atoms with E-state index in [-0.39, 0.29) is 24.3 Å². The van der Waals surface area contributed by atoms with Gasteiger partial charge in [-0.25, -0.2) is 0 Å². The van der Waals surface area contributed by atoms with E-state index in [1.165, 1.54) is 23.9 Å². The van der Waals surface area contributed by atoms with Crippen LogP contribution < -0.4 is 10.1 Å². The number of benzene rings is 1. The van der Waals surface area contributed by atoms with Crippen molar-refractivity contribution in [1.29, 1.82) is 0 Å². The van der Waals surface area contributed by atoms with Gasteiger partial charge >= 0.3 is 12.3 Å². The van der Waals surface area contributed by atoms with Crippen molar-refractivity contribution in [3.8, 4) is 5.75 Å². The van der Waals surface area contributed by atoms with Crippen molar-refractivity contribution in [3.63, 3.8) is 0 Å². The fourth-order valence-corrected chi connectivity index (χ4v) is 5.01. The lowest BCUT2D eigenvalue weighted by molar-refractivity contribution is -0.274. The summed E-state index contributed by atoms with van der Waals surface area (Å²) in [5.41, 5.74) is 2.01. The molecule has 0 amide bonds. The summed E-state index contributed by atoms with van der Waals surface area (Å²) < 4.78 is 42.5. The number of ether oxygens (including phenoxy) is 1. The number of hydrogen-bond donors (Lipinski definition) is 3. The molecule has 1 aliphatic heterocycles. The Morgan fingerprint density at radius 3 is 2.77 bits per heavy atom. The molecule has 3 N–H and O–H groups in total. The number of hydrogen-bond acceptors (Lipinski definition) is 5. The minimum atomic E-state index is -4.76. The van der Waals surface area contributed by atoms with Gasteiger partial charge in [0.05, 0.1) is 22.9 Å². The van der Waals surface area contributed by atoms with Crippen molar-refractivity contribution >= 4 is 39.4 Å². The van der Waals surface area contributed by atoms with Gasteiger partial charge in [-0.1, -0.05) is 12.8 Å². The summed E-state index contributed by atoms with van der Waals surface area (Å²) in [6.45, 7) is 0. The second-order valence-electron chi connectivity index (χ2n) is 7.62. The zero-order valence-electron chi connectivity index (χ0n) is 16.1. The van der Waals surface area contributed by atoms with Gasteiger partial charge in [0.2, 0.25) is 0 Å². The van der Waals surface area contributed by atoms with Gasteiger partial charge in [-0.3, -0.25) is 9.79 Å². The predicted molar refractivity (Wildman–Crippen MR) is 111 cm³/mol. The molecular weight excluding hydrogens is 419 g/mol. The number of H-pyrrole nitrogens is 1. The molecule has 1 saturated carbocycles. The minimum absolute atomic E-state index is 0.0578. The molecule has 30 heavy (non-hydrogen) atoms. The van der Waals surface area contributed by atoms with Crippen molar-refractivity contribution < 1.29 is 27.8 Å². The molecule has 2 aliphatic rings. The first kappa shape index (κ1) is 20.9. The number of carboxylic acid groups (broad SMARTS) is 1. The second-order valence-corrected chi connectivity index (χ2v) is 8.63. The number of thioether (sulfide) groups is 1. The van der Waals surface area contributed by atoms with E-state index in [2.05, 4.69) is 20.0 Å². The van der Waals surface area contributed by atoms with E-state index in [9.17, 15) is 18.0 Å². The monoisotopic (exact) mass is 441 g/mol. The van der Waals surface area contributed by atoms with Crippen LogP contribution in [0.3, 0.4) is 0 Å². The van der Waals surface area contributed by atoms with Gasteiger partial charge in [-0.05, 0) is 31.4 Å². The van der Waals surface area contributed by atoms with Crippen LogP contribution in [0.15, 0.2) is 23.2 Å². The number of nitrogens with one attached hydrogen (secondary N) is 2. The molecule has 1 aromatic carbocycles. The maximum atomic E-state index is 12.8. The number of aliphatic carboxylic acids is 1. The van der Waals surface area contributed by atoms with E-state index in [1.54, 1.807) is 6.07 Å². The van der Waals surface area contributed by atoms with Gasteiger partial charge in [0.1, 0.15) is 10.8 Å². The number of aliphatic imine (C=N–C) groups is 1. The fourth-order valence-electron chi connectivity index (χ4n) is 3.93. The van der Waals surface area contributed by atoms with Crippen LogP contribution in [0.25, 0.3) is 10.9 Å². The van der Waals surface area contributed by atoms with Crippen molar-refractivity contribution in [2.45, 2.75) is 57.0 Å². The van der Waals surface area contributed by atoms with E-state index < -0.39 is 12.3 Å². The molecule has 162 valence electrons. The number of anilines is 1. The number of aromatic nitrogens is 1. The zero-order valence-corrected chi connectivity index (χ0v) is 16.9. The summed E-state index contributed by atoms with van der Waals surface area (Å²) in [5.74, 6) is -0.427. The Labute approximate surface area is 175 Å². The lowest BCUT2D eigenvalue weighted by Crippen LogP contribution is -2.18. The Kier molecular flexibility index (Phi) is 5.86. The van der Waals surface area contributed by atoms with E-state index in [1.807, 2.05) is 0 Å². The number of rotatable bonds is 7. The predicted octanol–water partition coefficient (Wildman–Crippen LogP) is 5.15. The fraction of sp³-hybridized carbons (Fsp3) is 0.500. The Bertz CT molecular complexity index is 967. The zero-order chi connectivity index (χ0) is 21.3. The van der Waals surface area contributed by atoms with Crippen LogP contribution in [0.4, 0.5) is 18.9 Å². The summed E-state index contributed by atoms with van der Waals surface area (Å²) >= 11 is 1.52. The average Bonchev–Trinajstić information content (AvgIpc) is 3.38. The standard InChI is InChI=1S/C20H22F3N3O3S/c21-20(22,23)29-14-7-11-8-16(19-25-13(10-30-19)5-6-17(27)28)26-18(11)15(9-14)24-12-3-1-2-4-12/h7-9,12-13,24,26H,1-6,10H2,(H,27,28). The quantitative estimate of drug-likeness (QED) is 0.553. The molecule has 1 aromatic heterocycles. The molecule has 0 radical (unpaired) electrons.